The van der Waals surface area contributed by atoms with Crippen molar-refractivity contribution >= 4 is 33.7 Å². The van der Waals surface area contributed by atoms with E-state index in [1.807, 2.05) is 13.8 Å². The minimum absolute atomic E-state index is 0.207. The van der Waals surface area contributed by atoms with E-state index >= 15 is 0 Å². The first-order chi connectivity index (χ1) is 9.88. The Hall–Kier alpha value is -1.89. The number of benzene rings is 1. The third-order valence-corrected chi connectivity index (χ3v) is 2.92. The standard InChI is InChI=1S/C14H18BrN3O3/c1-9(2)6-12(19)17-18-13(20)8-16-14(21)10-4-3-5-11(15)7-10/h3-5,7,9H,6,8H2,1-2H3,(H,16,21)(H,17,19)(H,18,20). The second-order valence-electron chi connectivity index (χ2n) is 4.89. The van der Waals surface area contributed by atoms with E-state index in [0.29, 0.717) is 12.0 Å². The van der Waals surface area contributed by atoms with E-state index in [1.54, 1.807) is 24.3 Å². The largest absolute Gasteiger partial charge is 0.343 e. The molecule has 3 amide bonds. The summed E-state index contributed by atoms with van der Waals surface area (Å²) >= 11 is 3.26. The second-order valence-corrected chi connectivity index (χ2v) is 5.80. The number of carbonyl (C=O) groups is 3. The van der Waals surface area contributed by atoms with Crippen molar-refractivity contribution in [3.05, 3.63) is 34.3 Å². The first kappa shape index (κ1) is 17.2. The number of rotatable bonds is 5. The molecule has 21 heavy (non-hydrogen) atoms. The zero-order valence-corrected chi connectivity index (χ0v) is 13.5. The molecule has 6 nitrogen and oxygen atoms in total. The first-order valence-electron chi connectivity index (χ1n) is 6.50. The number of nitrogens with one attached hydrogen (secondary N) is 3. The number of hydrazine groups is 1. The number of halogens is 1. The van der Waals surface area contributed by atoms with E-state index < -0.39 is 5.91 Å². The van der Waals surface area contributed by atoms with Crippen molar-refractivity contribution in [2.75, 3.05) is 6.54 Å². The predicted octanol–water partition coefficient (Wildman–Crippen LogP) is 1.37. The van der Waals surface area contributed by atoms with Gasteiger partial charge >= 0.3 is 0 Å². The molecule has 0 saturated carbocycles. The van der Waals surface area contributed by atoms with Gasteiger partial charge in [-0.1, -0.05) is 35.8 Å². The van der Waals surface area contributed by atoms with Crippen LogP contribution in [0.25, 0.3) is 0 Å². The fraction of sp³-hybridized carbons (Fsp3) is 0.357. The van der Waals surface area contributed by atoms with Crippen molar-refractivity contribution < 1.29 is 14.4 Å². The Bertz CT molecular complexity index is 532. The van der Waals surface area contributed by atoms with Crippen molar-refractivity contribution in [2.45, 2.75) is 20.3 Å². The molecule has 0 fully saturated rings. The summed E-state index contributed by atoms with van der Waals surface area (Å²) in [6.45, 7) is 3.59. The summed E-state index contributed by atoms with van der Waals surface area (Å²) in [5.41, 5.74) is 4.98. The quantitative estimate of drug-likeness (QED) is 0.697. The van der Waals surface area contributed by atoms with Crippen LogP contribution in [0.3, 0.4) is 0 Å². The van der Waals surface area contributed by atoms with Gasteiger partial charge < -0.3 is 5.32 Å². The van der Waals surface area contributed by atoms with Crippen molar-refractivity contribution in [1.82, 2.24) is 16.2 Å². The number of carbonyl (C=O) groups excluding carboxylic acids is 3. The average molecular weight is 356 g/mol. The Morgan fingerprint density at radius 3 is 2.43 bits per heavy atom. The van der Waals surface area contributed by atoms with E-state index in [9.17, 15) is 14.4 Å². The highest BCUT2D eigenvalue weighted by Gasteiger charge is 2.09. The maximum Gasteiger partial charge on any atom is 0.257 e. The Labute approximate surface area is 131 Å². The maximum absolute atomic E-state index is 11.8. The van der Waals surface area contributed by atoms with Crippen LogP contribution in [-0.2, 0) is 9.59 Å². The highest BCUT2D eigenvalue weighted by atomic mass is 79.9. The van der Waals surface area contributed by atoms with Crippen LogP contribution in [0.15, 0.2) is 28.7 Å². The minimum atomic E-state index is -0.490. The summed E-state index contributed by atoms with van der Waals surface area (Å²) in [4.78, 5) is 34.6. The Kier molecular flexibility index (Phi) is 6.87. The maximum atomic E-state index is 11.8. The molecule has 0 heterocycles. The molecule has 7 heteroatoms. The SMILES string of the molecule is CC(C)CC(=O)NNC(=O)CNC(=O)c1cccc(Br)c1. The van der Waals surface area contributed by atoms with E-state index in [0.717, 1.165) is 4.47 Å². The van der Waals surface area contributed by atoms with Gasteiger partial charge in [0.2, 0.25) is 5.91 Å². The molecule has 3 N–H and O–H groups in total. The van der Waals surface area contributed by atoms with Crippen molar-refractivity contribution in [2.24, 2.45) is 5.92 Å². The van der Waals surface area contributed by atoms with E-state index in [-0.39, 0.29) is 24.3 Å². The normalized spacial score (nSPS) is 10.1. The van der Waals surface area contributed by atoms with Crippen LogP contribution in [0, 0.1) is 5.92 Å². The van der Waals surface area contributed by atoms with Gasteiger partial charge in [-0.3, -0.25) is 25.2 Å². The molecular weight excluding hydrogens is 338 g/mol. The first-order valence-corrected chi connectivity index (χ1v) is 7.29. The molecule has 1 aromatic carbocycles. The molecule has 0 atom stereocenters. The fourth-order valence-electron chi connectivity index (χ4n) is 1.50. The van der Waals surface area contributed by atoms with E-state index in [2.05, 4.69) is 32.1 Å². The van der Waals surface area contributed by atoms with Gasteiger partial charge in [0, 0.05) is 16.5 Å². The lowest BCUT2D eigenvalue weighted by Crippen LogP contribution is -2.46. The summed E-state index contributed by atoms with van der Waals surface area (Å²) in [5, 5.41) is 2.47. The highest BCUT2D eigenvalue weighted by molar-refractivity contribution is 9.10. The summed E-state index contributed by atoms with van der Waals surface area (Å²) < 4.78 is 0.778. The van der Waals surface area contributed by atoms with Crippen molar-refractivity contribution in [3.63, 3.8) is 0 Å². The van der Waals surface area contributed by atoms with Gasteiger partial charge in [0.1, 0.15) is 0 Å². The number of amides is 3. The Morgan fingerprint density at radius 2 is 1.81 bits per heavy atom. The molecule has 0 saturated heterocycles. The van der Waals surface area contributed by atoms with Gasteiger partial charge in [-0.05, 0) is 24.1 Å². The van der Waals surface area contributed by atoms with Gasteiger partial charge in [0.15, 0.2) is 0 Å². The smallest absolute Gasteiger partial charge is 0.257 e. The molecule has 1 rings (SSSR count). The minimum Gasteiger partial charge on any atom is -0.343 e. The molecule has 0 aromatic heterocycles. The molecule has 0 aliphatic carbocycles. The zero-order valence-electron chi connectivity index (χ0n) is 11.9. The monoisotopic (exact) mass is 355 g/mol. The highest BCUT2D eigenvalue weighted by Crippen LogP contribution is 2.11. The van der Waals surface area contributed by atoms with Crippen LogP contribution in [0.5, 0.6) is 0 Å². The molecule has 114 valence electrons. The van der Waals surface area contributed by atoms with E-state index in [1.165, 1.54) is 0 Å². The van der Waals surface area contributed by atoms with Crippen LogP contribution in [-0.4, -0.2) is 24.3 Å². The van der Waals surface area contributed by atoms with Crippen molar-refractivity contribution in [1.29, 1.82) is 0 Å². The number of hydrogen-bond acceptors (Lipinski definition) is 3. The molecular formula is C14H18BrN3O3. The van der Waals surface area contributed by atoms with Gasteiger partial charge in [-0.2, -0.15) is 0 Å². The van der Waals surface area contributed by atoms with Crippen LogP contribution in [0.1, 0.15) is 30.6 Å². The average Bonchev–Trinajstić information content (AvgIpc) is 2.41. The summed E-state index contributed by atoms with van der Waals surface area (Å²) in [7, 11) is 0. The summed E-state index contributed by atoms with van der Waals surface area (Å²) in [6, 6.07) is 6.82. The fourth-order valence-corrected chi connectivity index (χ4v) is 1.90. The van der Waals surface area contributed by atoms with Crippen LogP contribution in [0.2, 0.25) is 0 Å². The van der Waals surface area contributed by atoms with Gasteiger partial charge in [-0.15, -0.1) is 0 Å². The van der Waals surface area contributed by atoms with Gasteiger partial charge in [0.25, 0.3) is 11.8 Å². The third kappa shape index (κ3) is 6.89. The lowest BCUT2D eigenvalue weighted by molar-refractivity contribution is -0.128. The summed E-state index contributed by atoms with van der Waals surface area (Å²) in [5.74, 6) is -0.912. The van der Waals surface area contributed by atoms with Crippen LogP contribution < -0.4 is 16.2 Å². The van der Waals surface area contributed by atoms with E-state index in [4.69, 9.17) is 0 Å². The van der Waals surface area contributed by atoms with Crippen LogP contribution in [0.4, 0.5) is 0 Å². The Morgan fingerprint density at radius 1 is 1.14 bits per heavy atom. The predicted molar refractivity (Wildman–Crippen MR) is 82.2 cm³/mol. The molecule has 1 aromatic rings. The third-order valence-electron chi connectivity index (χ3n) is 2.43. The van der Waals surface area contributed by atoms with Crippen LogP contribution >= 0.6 is 15.9 Å². The molecule has 0 aliphatic rings. The second kappa shape index (κ2) is 8.41. The summed E-state index contributed by atoms with van der Waals surface area (Å²) in [6.07, 6.45) is 0.324. The zero-order chi connectivity index (χ0) is 15.8. The van der Waals surface area contributed by atoms with Gasteiger partial charge in [0.05, 0.1) is 6.54 Å². The lowest BCUT2D eigenvalue weighted by atomic mass is 10.1. The Balaban J connectivity index is 2.33. The van der Waals surface area contributed by atoms with Crippen molar-refractivity contribution in [3.8, 4) is 0 Å². The lowest BCUT2D eigenvalue weighted by Gasteiger charge is -2.09. The molecule has 0 spiro atoms. The molecule has 0 unspecified atom stereocenters. The topological polar surface area (TPSA) is 87.3 Å². The number of hydrogen-bond donors (Lipinski definition) is 3. The molecule has 0 aliphatic heterocycles. The molecule has 0 radical (unpaired) electrons. The van der Waals surface area contributed by atoms with Gasteiger partial charge in [-0.25, -0.2) is 0 Å². The molecule has 0 bridgehead atoms.